The molecule has 2 N–H and O–H groups in total. The van der Waals surface area contributed by atoms with Gasteiger partial charge in [0.25, 0.3) is 0 Å². The highest BCUT2D eigenvalue weighted by Crippen LogP contribution is 2.18. The fourth-order valence-electron chi connectivity index (χ4n) is 2.05. The molecule has 1 heterocycles. The molecule has 0 aromatic carbocycles. The summed E-state index contributed by atoms with van der Waals surface area (Å²) < 4.78 is 0. The van der Waals surface area contributed by atoms with Crippen LogP contribution in [0.3, 0.4) is 0 Å². The van der Waals surface area contributed by atoms with Crippen LogP contribution in [0.15, 0.2) is 0 Å². The number of hydrogen-bond acceptors (Lipinski definition) is 4. The van der Waals surface area contributed by atoms with E-state index in [1.54, 1.807) is 0 Å². The van der Waals surface area contributed by atoms with Crippen LogP contribution in [0, 0.1) is 5.92 Å². The summed E-state index contributed by atoms with van der Waals surface area (Å²) >= 11 is 1.14. The topological polar surface area (TPSA) is 69.6 Å². The molecular formula is C12H22N2O3S. The Morgan fingerprint density at radius 2 is 2.00 bits per heavy atom. The maximum Gasteiger partial charge on any atom is 0.313 e. The van der Waals surface area contributed by atoms with Gasteiger partial charge in [-0.1, -0.05) is 0 Å². The van der Waals surface area contributed by atoms with Crippen molar-refractivity contribution in [1.82, 2.24) is 10.2 Å². The van der Waals surface area contributed by atoms with E-state index in [0.29, 0.717) is 12.5 Å². The summed E-state index contributed by atoms with van der Waals surface area (Å²) in [4.78, 5) is 24.0. The monoisotopic (exact) mass is 274 g/mol. The summed E-state index contributed by atoms with van der Waals surface area (Å²) in [5, 5.41) is 11.3. The maximum atomic E-state index is 11.4. The van der Waals surface area contributed by atoms with Gasteiger partial charge < -0.3 is 15.3 Å². The van der Waals surface area contributed by atoms with Crippen LogP contribution >= 0.6 is 11.8 Å². The van der Waals surface area contributed by atoms with Crippen LogP contribution in [0.2, 0.25) is 0 Å². The van der Waals surface area contributed by atoms with Crippen LogP contribution in [0.25, 0.3) is 0 Å². The molecule has 104 valence electrons. The smallest absolute Gasteiger partial charge is 0.313 e. The maximum absolute atomic E-state index is 11.4. The Hall–Kier alpha value is -0.750. The summed E-state index contributed by atoms with van der Waals surface area (Å²) in [6.07, 6.45) is 3.45. The van der Waals surface area contributed by atoms with E-state index in [2.05, 4.69) is 17.3 Å². The molecule has 6 heteroatoms. The third-order valence-electron chi connectivity index (χ3n) is 3.17. The van der Waals surface area contributed by atoms with E-state index in [1.807, 2.05) is 0 Å². The molecule has 1 aliphatic heterocycles. The highest BCUT2D eigenvalue weighted by atomic mass is 32.2. The van der Waals surface area contributed by atoms with E-state index < -0.39 is 5.97 Å². The summed E-state index contributed by atoms with van der Waals surface area (Å²) in [5.41, 5.74) is 0. The van der Waals surface area contributed by atoms with Gasteiger partial charge in [-0.15, -0.1) is 11.8 Å². The van der Waals surface area contributed by atoms with Gasteiger partial charge in [-0.3, -0.25) is 9.59 Å². The van der Waals surface area contributed by atoms with Gasteiger partial charge in [0.15, 0.2) is 0 Å². The molecule has 1 aliphatic rings. The normalized spacial score (nSPS) is 17.6. The number of hydrogen-bond donors (Lipinski definition) is 2. The van der Waals surface area contributed by atoms with Crippen molar-refractivity contribution in [1.29, 1.82) is 0 Å². The van der Waals surface area contributed by atoms with E-state index >= 15 is 0 Å². The van der Waals surface area contributed by atoms with E-state index in [-0.39, 0.29) is 17.4 Å². The first-order valence-electron chi connectivity index (χ1n) is 6.32. The SMILES string of the molecule is CN1CCC(CCNC(=O)CSCC(=O)O)CC1. The van der Waals surface area contributed by atoms with Gasteiger partial charge in [0.1, 0.15) is 0 Å². The van der Waals surface area contributed by atoms with Crippen molar-refractivity contribution in [2.45, 2.75) is 19.3 Å². The third-order valence-corrected chi connectivity index (χ3v) is 4.09. The van der Waals surface area contributed by atoms with Gasteiger partial charge in [0.05, 0.1) is 11.5 Å². The lowest BCUT2D eigenvalue weighted by Gasteiger charge is -2.28. The van der Waals surface area contributed by atoms with Crippen molar-refractivity contribution in [2.75, 3.05) is 38.2 Å². The second-order valence-electron chi connectivity index (χ2n) is 4.77. The minimum absolute atomic E-state index is 0.0115. The van der Waals surface area contributed by atoms with Crippen LogP contribution in [-0.4, -0.2) is 60.1 Å². The number of carboxylic acid groups (broad SMARTS) is 1. The summed E-state index contributed by atoms with van der Waals surface area (Å²) in [5.74, 6) is 0.00343. The number of aliphatic carboxylic acids is 1. The molecule has 1 saturated heterocycles. The second-order valence-corrected chi connectivity index (χ2v) is 5.76. The first kappa shape index (κ1) is 15.3. The number of amides is 1. The molecule has 0 unspecified atom stereocenters. The Labute approximate surface area is 112 Å². The first-order chi connectivity index (χ1) is 8.58. The molecule has 0 spiro atoms. The van der Waals surface area contributed by atoms with Crippen molar-refractivity contribution in [3.8, 4) is 0 Å². The van der Waals surface area contributed by atoms with Crippen molar-refractivity contribution in [3.63, 3.8) is 0 Å². The van der Waals surface area contributed by atoms with Gasteiger partial charge in [0, 0.05) is 6.54 Å². The Bertz CT molecular complexity index is 278. The molecule has 18 heavy (non-hydrogen) atoms. The van der Waals surface area contributed by atoms with Crippen LogP contribution in [0.5, 0.6) is 0 Å². The summed E-state index contributed by atoms with van der Waals surface area (Å²) in [6.45, 7) is 3.00. The highest BCUT2D eigenvalue weighted by molar-refractivity contribution is 8.00. The molecule has 0 aromatic heterocycles. The predicted molar refractivity (Wildman–Crippen MR) is 72.8 cm³/mol. The quantitative estimate of drug-likeness (QED) is 0.713. The Kier molecular flexibility index (Phi) is 7.12. The minimum atomic E-state index is -0.876. The number of piperidine rings is 1. The van der Waals surface area contributed by atoms with Gasteiger partial charge >= 0.3 is 5.97 Å². The van der Waals surface area contributed by atoms with Crippen molar-refractivity contribution in [2.24, 2.45) is 5.92 Å². The zero-order valence-electron chi connectivity index (χ0n) is 10.9. The Balaban J connectivity index is 2.00. The van der Waals surface area contributed by atoms with E-state index in [9.17, 15) is 9.59 Å². The number of rotatable bonds is 7. The molecule has 0 aliphatic carbocycles. The first-order valence-corrected chi connectivity index (χ1v) is 7.48. The molecule has 0 radical (unpaired) electrons. The van der Waals surface area contributed by atoms with E-state index in [0.717, 1.165) is 31.3 Å². The highest BCUT2D eigenvalue weighted by Gasteiger charge is 2.16. The average molecular weight is 274 g/mol. The summed E-state index contributed by atoms with van der Waals surface area (Å²) in [6, 6.07) is 0. The molecule has 0 bridgehead atoms. The van der Waals surface area contributed by atoms with E-state index in [4.69, 9.17) is 5.11 Å². The van der Waals surface area contributed by atoms with Crippen LogP contribution in [0.4, 0.5) is 0 Å². The molecular weight excluding hydrogens is 252 g/mol. The van der Waals surface area contributed by atoms with Gasteiger partial charge in [0.2, 0.25) is 5.91 Å². The van der Waals surface area contributed by atoms with Gasteiger partial charge in [-0.2, -0.15) is 0 Å². The average Bonchev–Trinajstić information content (AvgIpc) is 2.31. The van der Waals surface area contributed by atoms with Crippen LogP contribution in [0.1, 0.15) is 19.3 Å². The molecule has 1 fully saturated rings. The fraction of sp³-hybridized carbons (Fsp3) is 0.833. The van der Waals surface area contributed by atoms with Crippen molar-refractivity contribution < 1.29 is 14.7 Å². The van der Waals surface area contributed by atoms with Crippen LogP contribution < -0.4 is 5.32 Å². The number of nitrogens with zero attached hydrogens (tertiary/aromatic N) is 1. The zero-order valence-corrected chi connectivity index (χ0v) is 11.7. The lowest BCUT2D eigenvalue weighted by molar-refractivity contribution is -0.133. The molecule has 5 nitrogen and oxygen atoms in total. The summed E-state index contributed by atoms with van der Waals surface area (Å²) in [7, 11) is 2.14. The lowest BCUT2D eigenvalue weighted by atomic mass is 9.94. The number of carboxylic acids is 1. The number of likely N-dealkylation sites (tertiary alicyclic amines) is 1. The molecule has 0 saturated carbocycles. The zero-order chi connectivity index (χ0) is 13.4. The van der Waals surface area contributed by atoms with Crippen molar-refractivity contribution >= 4 is 23.6 Å². The number of thioether (sulfide) groups is 1. The molecule has 0 atom stereocenters. The number of carbonyl (C=O) groups excluding carboxylic acids is 1. The predicted octanol–water partition coefficient (Wildman–Crippen LogP) is 0.652. The number of carbonyl (C=O) groups is 2. The van der Waals surface area contributed by atoms with E-state index in [1.165, 1.54) is 12.8 Å². The largest absolute Gasteiger partial charge is 0.481 e. The fourth-order valence-corrected chi connectivity index (χ4v) is 2.61. The number of nitrogens with one attached hydrogen (secondary N) is 1. The molecule has 0 aromatic rings. The van der Waals surface area contributed by atoms with Crippen molar-refractivity contribution in [3.05, 3.63) is 0 Å². The van der Waals surface area contributed by atoms with Crippen LogP contribution in [-0.2, 0) is 9.59 Å². The van der Waals surface area contributed by atoms with Gasteiger partial charge in [-0.05, 0) is 45.3 Å². The lowest BCUT2D eigenvalue weighted by Crippen LogP contribution is -2.33. The minimum Gasteiger partial charge on any atom is -0.481 e. The third kappa shape index (κ3) is 6.86. The Morgan fingerprint density at radius 1 is 1.33 bits per heavy atom. The molecule has 1 rings (SSSR count). The second kappa shape index (κ2) is 8.37. The Morgan fingerprint density at radius 3 is 2.61 bits per heavy atom. The van der Waals surface area contributed by atoms with Gasteiger partial charge in [-0.25, -0.2) is 0 Å². The standard InChI is InChI=1S/C12H22N2O3S/c1-14-6-3-10(4-7-14)2-5-13-11(15)8-18-9-12(16)17/h10H,2-9H2,1H3,(H,13,15)(H,16,17). The molecule has 1 amide bonds.